The zero-order valence-electron chi connectivity index (χ0n) is 15.3. The van der Waals surface area contributed by atoms with Crippen LogP contribution in [0.25, 0.3) is 0 Å². The van der Waals surface area contributed by atoms with Crippen molar-refractivity contribution in [2.24, 2.45) is 5.92 Å². The lowest BCUT2D eigenvalue weighted by atomic mass is 10.1. The van der Waals surface area contributed by atoms with Gasteiger partial charge >= 0.3 is 0 Å². The molecule has 0 aliphatic heterocycles. The van der Waals surface area contributed by atoms with E-state index in [1.54, 1.807) is 14.2 Å². The molecule has 0 aromatic heterocycles. The van der Waals surface area contributed by atoms with Gasteiger partial charge in [0.25, 0.3) is 0 Å². The third-order valence-electron chi connectivity index (χ3n) is 3.71. The average molecular weight is 342 g/mol. The van der Waals surface area contributed by atoms with Crippen molar-refractivity contribution in [2.75, 3.05) is 24.9 Å². The molecule has 25 heavy (non-hydrogen) atoms. The highest BCUT2D eigenvalue weighted by Gasteiger charge is 2.07. The number of amides is 1. The zero-order chi connectivity index (χ0) is 18.2. The molecule has 0 atom stereocenters. The summed E-state index contributed by atoms with van der Waals surface area (Å²) in [6, 6.07) is 13.4. The fourth-order valence-electron chi connectivity index (χ4n) is 2.51. The Morgan fingerprint density at radius 2 is 1.80 bits per heavy atom. The maximum absolute atomic E-state index is 11.9. The highest BCUT2D eigenvalue weighted by atomic mass is 16.5. The van der Waals surface area contributed by atoms with Crippen LogP contribution >= 0.6 is 0 Å². The standard InChI is InChI=1S/C20H26N2O3/c1-14(2)10-20(23)22-17-7-5-6-16(12-17)21-13-15-11-18(24-3)8-9-19(15)25-4/h5-9,11-12,14,21H,10,13H2,1-4H3,(H,22,23). The van der Waals surface area contributed by atoms with E-state index in [9.17, 15) is 4.79 Å². The van der Waals surface area contributed by atoms with Gasteiger partial charge in [-0.15, -0.1) is 0 Å². The van der Waals surface area contributed by atoms with Crippen LogP contribution in [0.1, 0.15) is 25.8 Å². The molecule has 0 aliphatic carbocycles. The van der Waals surface area contributed by atoms with Crippen molar-refractivity contribution in [3.63, 3.8) is 0 Å². The maximum Gasteiger partial charge on any atom is 0.224 e. The van der Waals surface area contributed by atoms with E-state index in [1.807, 2.05) is 56.3 Å². The topological polar surface area (TPSA) is 59.6 Å². The molecule has 2 rings (SSSR count). The molecule has 0 aliphatic rings. The molecule has 2 aromatic carbocycles. The first kappa shape index (κ1) is 18.6. The number of nitrogens with one attached hydrogen (secondary N) is 2. The fraction of sp³-hybridized carbons (Fsp3) is 0.350. The predicted molar refractivity (Wildman–Crippen MR) is 101 cm³/mol. The summed E-state index contributed by atoms with van der Waals surface area (Å²) < 4.78 is 10.7. The van der Waals surface area contributed by atoms with Crippen LogP contribution < -0.4 is 20.1 Å². The van der Waals surface area contributed by atoms with Gasteiger partial charge in [-0.05, 0) is 42.3 Å². The van der Waals surface area contributed by atoms with Crippen LogP contribution in [0.15, 0.2) is 42.5 Å². The number of carbonyl (C=O) groups excluding carboxylic acids is 1. The number of hydrogen-bond acceptors (Lipinski definition) is 4. The van der Waals surface area contributed by atoms with E-state index in [4.69, 9.17) is 9.47 Å². The van der Waals surface area contributed by atoms with Crippen LogP contribution in [-0.2, 0) is 11.3 Å². The molecule has 134 valence electrons. The molecule has 5 nitrogen and oxygen atoms in total. The Balaban J connectivity index is 2.04. The van der Waals surface area contributed by atoms with Gasteiger partial charge in [-0.3, -0.25) is 4.79 Å². The third kappa shape index (κ3) is 5.71. The molecule has 0 spiro atoms. The SMILES string of the molecule is COc1ccc(OC)c(CNc2cccc(NC(=O)CC(C)C)c2)c1. The second-order valence-electron chi connectivity index (χ2n) is 6.26. The van der Waals surface area contributed by atoms with E-state index in [0.29, 0.717) is 18.9 Å². The summed E-state index contributed by atoms with van der Waals surface area (Å²) in [5, 5.41) is 6.28. The maximum atomic E-state index is 11.9. The molecule has 2 N–H and O–H groups in total. The third-order valence-corrected chi connectivity index (χ3v) is 3.71. The quantitative estimate of drug-likeness (QED) is 0.751. The van der Waals surface area contributed by atoms with Gasteiger partial charge in [0.15, 0.2) is 0 Å². The highest BCUT2D eigenvalue weighted by Crippen LogP contribution is 2.25. The summed E-state index contributed by atoms with van der Waals surface area (Å²) in [4.78, 5) is 11.9. The van der Waals surface area contributed by atoms with Gasteiger partial charge in [-0.2, -0.15) is 0 Å². The predicted octanol–water partition coefficient (Wildman–Crippen LogP) is 4.30. The number of ether oxygens (including phenoxy) is 2. The average Bonchev–Trinajstić information content (AvgIpc) is 2.59. The van der Waals surface area contributed by atoms with Crippen molar-refractivity contribution in [3.8, 4) is 11.5 Å². The normalized spacial score (nSPS) is 10.4. The molecule has 2 aromatic rings. The van der Waals surface area contributed by atoms with Gasteiger partial charge in [-0.1, -0.05) is 19.9 Å². The van der Waals surface area contributed by atoms with Gasteiger partial charge in [0.2, 0.25) is 5.91 Å². The van der Waals surface area contributed by atoms with Crippen LogP contribution in [0.4, 0.5) is 11.4 Å². The lowest BCUT2D eigenvalue weighted by molar-refractivity contribution is -0.116. The van der Waals surface area contributed by atoms with Crippen molar-refractivity contribution in [1.29, 1.82) is 0 Å². The van der Waals surface area contributed by atoms with Crippen LogP contribution in [0, 0.1) is 5.92 Å². The van der Waals surface area contributed by atoms with Crippen molar-refractivity contribution in [3.05, 3.63) is 48.0 Å². The summed E-state index contributed by atoms with van der Waals surface area (Å²) in [5.74, 6) is 1.95. The van der Waals surface area contributed by atoms with Gasteiger partial charge in [0.05, 0.1) is 14.2 Å². The summed E-state index contributed by atoms with van der Waals surface area (Å²) in [5.41, 5.74) is 2.71. The lowest BCUT2D eigenvalue weighted by Gasteiger charge is -2.13. The van der Waals surface area contributed by atoms with Gasteiger partial charge < -0.3 is 20.1 Å². The number of benzene rings is 2. The molecule has 0 bridgehead atoms. The second-order valence-corrected chi connectivity index (χ2v) is 6.26. The van der Waals surface area contributed by atoms with Crippen LogP contribution in [-0.4, -0.2) is 20.1 Å². The minimum Gasteiger partial charge on any atom is -0.497 e. The van der Waals surface area contributed by atoms with E-state index in [-0.39, 0.29) is 5.91 Å². The van der Waals surface area contributed by atoms with Crippen molar-refractivity contribution >= 4 is 17.3 Å². The van der Waals surface area contributed by atoms with E-state index in [1.165, 1.54) is 0 Å². The van der Waals surface area contributed by atoms with Gasteiger partial charge in [0.1, 0.15) is 11.5 Å². The number of methoxy groups -OCH3 is 2. The Hall–Kier alpha value is -2.69. The molecule has 0 saturated carbocycles. The monoisotopic (exact) mass is 342 g/mol. The molecular weight excluding hydrogens is 316 g/mol. The van der Waals surface area contributed by atoms with Crippen molar-refractivity contribution in [1.82, 2.24) is 0 Å². The molecule has 0 heterocycles. The minimum atomic E-state index is 0.0293. The summed E-state index contributed by atoms with van der Waals surface area (Å²) in [6.07, 6.45) is 0.513. The summed E-state index contributed by atoms with van der Waals surface area (Å²) in [6.45, 7) is 4.64. The van der Waals surface area contributed by atoms with E-state index >= 15 is 0 Å². The molecule has 0 unspecified atom stereocenters. The molecular formula is C20H26N2O3. The number of anilines is 2. The Morgan fingerprint density at radius 3 is 2.48 bits per heavy atom. The first-order valence-electron chi connectivity index (χ1n) is 8.36. The first-order chi connectivity index (χ1) is 12.0. The minimum absolute atomic E-state index is 0.0293. The number of hydrogen-bond donors (Lipinski definition) is 2. The first-order valence-corrected chi connectivity index (χ1v) is 8.36. The van der Waals surface area contributed by atoms with E-state index in [0.717, 1.165) is 28.4 Å². The zero-order valence-corrected chi connectivity index (χ0v) is 15.3. The molecule has 0 fully saturated rings. The molecule has 0 saturated heterocycles. The largest absolute Gasteiger partial charge is 0.497 e. The Bertz CT molecular complexity index is 714. The Labute approximate surface area is 149 Å². The van der Waals surface area contributed by atoms with Gasteiger partial charge in [0, 0.05) is 29.9 Å². The van der Waals surface area contributed by atoms with Crippen molar-refractivity contribution < 1.29 is 14.3 Å². The Morgan fingerprint density at radius 1 is 1.04 bits per heavy atom. The smallest absolute Gasteiger partial charge is 0.224 e. The summed E-state index contributed by atoms with van der Waals surface area (Å²) >= 11 is 0. The number of rotatable bonds is 8. The highest BCUT2D eigenvalue weighted by molar-refractivity contribution is 5.91. The van der Waals surface area contributed by atoms with E-state index in [2.05, 4.69) is 10.6 Å². The summed E-state index contributed by atoms with van der Waals surface area (Å²) in [7, 11) is 3.29. The molecule has 5 heteroatoms. The van der Waals surface area contributed by atoms with Crippen LogP contribution in [0.2, 0.25) is 0 Å². The molecule has 0 radical (unpaired) electrons. The van der Waals surface area contributed by atoms with Crippen LogP contribution in [0.3, 0.4) is 0 Å². The fourth-order valence-corrected chi connectivity index (χ4v) is 2.51. The second kappa shape index (κ2) is 8.97. The van der Waals surface area contributed by atoms with Crippen molar-refractivity contribution in [2.45, 2.75) is 26.8 Å². The van der Waals surface area contributed by atoms with Crippen LogP contribution in [0.5, 0.6) is 11.5 Å². The molecule has 1 amide bonds. The Kier molecular flexibility index (Phi) is 6.69. The number of carbonyl (C=O) groups is 1. The van der Waals surface area contributed by atoms with E-state index < -0.39 is 0 Å². The van der Waals surface area contributed by atoms with Gasteiger partial charge in [-0.25, -0.2) is 0 Å². The lowest BCUT2D eigenvalue weighted by Crippen LogP contribution is -2.14.